The first-order chi connectivity index (χ1) is 14.5. The number of rotatable bonds is 6. The Morgan fingerprint density at radius 2 is 1.77 bits per heavy atom. The molecule has 3 aromatic rings. The van der Waals surface area contributed by atoms with Crippen LogP contribution in [0.2, 0.25) is 0 Å². The van der Waals surface area contributed by atoms with Crippen LogP contribution in [0.15, 0.2) is 71.8 Å². The quantitative estimate of drug-likeness (QED) is 0.480. The van der Waals surface area contributed by atoms with Crippen molar-refractivity contribution in [1.82, 2.24) is 9.47 Å². The molecule has 2 amide bonds. The molecule has 5 heteroatoms. The van der Waals surface area contributed by atoms with E-state index in [1.807, 2.05) is 42.6 Å². The van der Waals surface area contributed by atoms with Gasteiger partial charge in [0.2, 0.25) is 0 Å². The number of nitrogens with zero attached hydrogens (tertiary/aromatic N) is 2. The van der Waals surface area contributed by atoms with Crippen LogP contribution in [0, 0.1) is 13.8 Å². The molecule has 4 rings (SSSR count). The Kier molecular flexibility index (Phi) is 5.91. The summed E-state index contributed by atoms with van der Waals surface area (Å²) in [5.74, 6) is -0.202. The van der Waals surface area contributed by atoms with Crippen molar-refractivity contribution >= 4 is 29.0 Å². The lowest BCUT2D eigenvalue weighted by molar-refractivity contribution is -0.122. The average Bonchev–Trinajstić information content (AvgIpc) is 3.28. The second-order valence-electron chi connectivity index (χ2n) is 7.52. The van der Waals surface area contributed by atoms with E-state index in [9.17, 15) is 9.59 Å². The van der Waals surface area contributed by atoms with E-state index in [0.717, 1.165) is 41.5 Å². The molecule has 0 spiro atoms. The van der Waals surface area contributed by atoms with Gasteiger partial charge in [0.05, 0.1) is 4.91 Å². The van der Waals surface area contributed by atoms with E-state index in [0.29, 0.717) is 11.4 Å². The molecule has 0 saturated carbocycles. The van der Waals surface area contributed by atoms with Gasteiger partial charge < -0.3 is 4.57 Å². The summed E-state index contributed by atoms with van der Waals surface area (Å²) in [7, 11) is 0. The van der Waals surface area contributed by atoms with Crippen LogP contribution in [0.25, 0.3) is 11.8 Å². The van der Waals surface area contributed by atoms with Crippen molar-refractivity contribution in [3.8, 4) is 5.69 Å². The molecule has 0 aliphatic carbocycles. The maximum atomic E-state index is 12.9. The van der Waals surface area contributed by atoms with Crippen molar-refractivity contribution in [2.75, 3.05) is 6.54 Å². The normalized spacial score (nSPS) is 15.4. The Labute approximate surface area is 181 Å². The van der Waals surface area contributed by atoms with E-state index in [2.05, 4.69) is 48.7 Å². The summed E-state index contributed by atoms with van der Waals surface area (Å²) in [6.45, 7) is 4.59. The standard InChI is InChI=1S/C25H24N2O2S/c1-18-12-13-22(19(2)16-18)26-14-7-11-21(26)17-23-24(28)27(25(29)30-23)15-6-10-20-8-4-3-5-9-20/h3-5,7-9,11-14,16-17H,6,10,15H2,1-2H3/b23-17+. The summed E-state index contributed by atoms with van der Waals surface area (Å²) in [5, 5.41) is -0.191. The van der Waals surface area contributed by atoms with Gasteiger partial charge in [0.25, 0.3) is 11.1 Å². The number of thioether (sulfide) groups is 1. The zero-order valence-electron chi connectivity index (χ0n) is 17.2. The third kappa shape index (κ3) is 4.26. The molecule has 152 valence electrons. The Morgan fingerprint density at radius 3 is 2.53 bits per heavy atom. The van der Waals surface area contributed by atoms with Gasteiger partial charge >= 0.3 is 0 Å². The number of carbonyl (C=O) groups excluding carboxylic acids is 2. The molecule has 0 radical (unpaired) electrons. The molecule has 1 fully saturated rings. The summed E-state index contributed by atoms with van der Waals surface area (Å²) in [5.41, 5.74) is 5.54. The topological polar surface area (TPSA) is 42.3 Å². The SMILES string of the molecule is Cc1ccc(-n2cccc2/C=C2/SC(=O)N(CCCc3ccccc3)C2=O)c(C)c1. The monoisotopic (exact) mass is 416 g/mol. The number of imide groups is 1. The first-order valence-corrected chi connectivity index (χ1v) is 10.9. The molecule has 0 unspecified atom stereocenters. The Morgan fingerprint density at radius 1 is 0.967 bits per heavy atom. The molecular formula is C25H24N2O2S. The van der Waals surface area contributed by atoms with Crippen molar-refractivity contribution in [3.05, 3.63) is 94.1 Å². The van der Waals surface area contributed by atoms with E-state index >= 15 is 0 Å². The number of hydrogen-bond acceptors (Lipinski definition) is 3. The third-order valence-corrected chi connectivity index (χ3v) is 6.14. The number of aromatic nitrogens is 1. The van der Waals surface area contributed by atoms with Gasteiger partial charge in [-0.05, 0) is 73.9 Å². The lowest BCUT2D eigenvalue weighted by Crippen LogP contribution is -2.29. The van der Waals surface area contributed by atoms with Gasteiger partial charge in [-0.3, -0.25) is 14.5 Å². The summed E-state index contributed by atoms with van der Waals surface area (Å²) in [4.78, 5) is 27.1. The van der Waals surface area contributed by atoms with Crippen LogP contribution in [0.3, 0.4) is 0 Å². The molecule has 0 N–H and O–H groups in total. The second-order valence-corrected chi connectivity index (χ2v) is 8.51. The van der Waals surface area contributed by atoms with Gasteiger partial charge in [0.1, 0.15) is 0 Å². The average molecular weight is 417 g/mol. The highest BCUT2D eigenvalue weighted by Gasteiger charge is 2.34. The van der Waals surface area contributed by atoms with Crippen LogP contribution in [0.4, 0.5) is 4.79 Å². The zero-order valence-corrected chi connectivity index (χ0v) is 18.0. The fourth-order valence-electron chi connectivity index (χ4n) is 3.72. The molecule has 4 nitrogen and oxygen atoms in total. The lowest BCUT2D eigenvalue weighted by atomic mass is 10.1. The van der Waals surface area contributed by atoms with Gasteiger partial charge in [-0.25, -0.2) is 0 Å². The minimum Gasteiger partial charge on any atom is -0.317 e. The fraction of sp³-hybridized carbons (Fsp3) is 0.200. The number of amides is 2. The first-order valence-electron chi connectivity index (χ1n) is 10.1. The zero-order chi connectivity index (χ0) is 21.1. The van der Waals surface area contributed by atoms with Crippen molar-refractivity contribution in [2.45, 2.75) is 26.7 Å². The fourth-order valence-corrected chi connectivity index (χ4v) is 4.57. The maximum Gasteiger partial charge on any atom is 0.293 e. The predicted octanol–water partition coefficient (Wildman–Crippen LogP) is 5.76. The third-order valence-electron chi connectivity index (χ3n) is 5.23. The molecule has 1 saturated heterocycles. The minimum atomic E-state index is -0.202. The Hall–Kier alpha value is -3.05. The van der Waals surface area contributed by atoms with Crippen LogP contribution >= 0.6 is 11.8 Å². The van der Waals surface area contributed by atoms with Gasteiger partial charge in [-0.1, -0.05) is 48.0 Å². The predicted molar refractivity (Wildman–Crippen MR) is 123 cm³/mol. The molecule has 30 heavy (non-hydrogen) atoms. The van der Waals surface area contributed by atoms with Crippen LogP contribution in [-0.2, 0) is 11.2 Å². The summed E-state index contributed by atoms with van der Waals surface area (Å²) >= 11 is 1.02. The summed E-state index contributed by atoms with van der Waals surface area (Å²) in [6.07, 6.45) is 5.40. The van der Waals surface area contributed by atoms with Gasteiger partial charge in [0.15, 0.2) is 0 Å². The Bertz CT molecular complexity index is 1120. The van der Waals surface area contributed by atoms with Gasteiger partial charge in [-0.2, -0.15) is 0 Å². The number of carbonyl (C=O) groups is 2. The maximum absolute atomic E-state index is 12.9. The van der Waals surface area contributed by atoms with Crippen LogP contribution in [0.5, 0.6) is 0 Å². The van der Waals surface area contributed by atoms with Crippen LogP contribution in [-0.4, -0.2) is 27.2 Å². The van der Waals surface area contributed by atoms with E-state index in [4.69, 9.17) is 0 Å². The molecule has 2 heterocycles. The van der Waals surface area contributed by atoms with E-state index < -0.39 is 0 Å². The number of hydrogen-bond donors (Lipinski definition) is 0. The van der Waals surface area contributed by atoms with Crippen LogP contribution in [0.1, 0.15) is 28.8 Å². The Balaban J connectivity index is 1.49. The van der Waals surface area contributed by atoms with Crippen molar-refractivity contribution in [2.24, 2.45) is 0 Å². The second kappa shape index (κ2) is 8.76. The lowest BCUT2D eigenvalue weighted by Gasteiger charge is -2.12. The molecule has 1 aliphatic heterocycles. The van der Waals surface area contributed by atoms with Crippen molar-refractivity contribution < 1.29 is 9.59 Å². The molecule has 1 aliphatic rings. The summed E-state index contributed by atoms with van der Waals surface area (Å²) in [6, 6.07) is 20.3. The van der Waals surface area contributed by atoms with Crippen molar-refractivity contribution in [1.29, 1.82) is 0 Å². The van der Waals surface area contributed by atoms with E-state index in [-0.39, 0.29) is 11.1 Å². The van der Waals surface area contributed by atoms with Crippen LogP contribution < -0.4 is 0 Å². The largest absolute Gasteiger partial charge is 0.317 e. The summed E-state index contributed by atoms with van der Waals surface area (Å²) < 4.78 is 2.05. The van der Waals surface area contributed by atoms with Gasteiger partial charge in [-0.15, -0.1) is 0 Å². The molecule has 2 aromatic carbocycles. The molecular weight excluding hydrogens is 392 g/mol. The smallest absolute Gasteiger partial charge is 0.293 e. The molecule has 0 bridgehead atoms. The number of benzene rings is 2. The number of aryl methyl sites for hydroxylation is 3. The molecule has 0 atom stereocenters. The van der Waals surface area contributed by atoms with E-state index in [1.165, 1.54) is 16.0 Å². The molecule has 1 aromatic heterocycles. The first kappa shape index (κ1) is 20.2. The van der Waals surface area contributed by atoms with E-state index in [1.54, 1.807) is 0 Å². The highest BCUT2D eigenvalue weighted by atomic mass is 32.2. The minimum absolute atomic E-state index is 0.191. The van der Waals surface area contributed by atoms with Gasteiger partial charge in [0, 0.05) is 24.1 Å². The van der Waals surface area contributed by atoms with Crippen molar-refractivity contribution in [3.63, 3.8) is 0 Å². The highest BCUT2D eigenvalue weighted by Crippen LogP contribution is 2.33. The highest BCUT2D eigenvalue weighted by molar-refractivity contribution is 8.18.